The van der Waals surface area contributed by atoms with E-state index in [1.165, 1.54) is 0 Å². The van der Waals surface area contributed by atoms with E-state index in [1.54, 1.807) is 6.07 Å². The summed E-state index contributed by atoms with van der Waals surface area (Å²) in [4.78, 5) is 2.12. The molecule has 2 nitrogen and oxygen atoms in total. The highest BCUT2D eigenvalue weighted by molar-refractivity contribution is 5.50. The first-order valence-corrected chi connectivity index (χ1v) is 7.35. The molecule has 0 radical (unpaired) electrons. The maximum Gasteiger partial charge on any atom is 0.146 e. The largest absolute Gasteiger partial charge is 0.369 e. The molecule has 0 unspecified atom stereocenters. The van der Waals surface area contributed by atoms with Gasteiger partial charge >= 0.3 is 0 Å². The Hall–Kier alpha value is -1.09. The smallest absolute Gasteiger partial charge is 0.146 e. The van der Waals surface area contributed by atoms with Crippen LogP contribution in [0, 0.1) is 5.82 Å². The van der Waals surface area contributed by atoms with Gasteiger partial charge in [-0.1, -0.05) is 33.3 Å². The van der Waals surface area contributed by atoms with Gasteiger partial charge in [-0.2, -0.15) is 0 Å². The lowest BCUT2D eigenvalue weighted by Crippen LogP contribution is -2.26. The Bertz CT molecular complexity index is 377. The molecule has 0 aliphatic carbocycles. The fourth-order valence-electron chi connectivity index (χ4n) is 2.03. The molecule has 0 spiro atoms. The van der Waals surface area contributed by atoms with Gasteiger partial charge in [-0.3, -0.25) is 0 Å². The second kappa shape index (κ2) is 8.16. The molecule has 1 aromatic rings. The van der Waals surface area contributed by atoms with E-state index >= 15 is 0 Å². The van der Waals surface area contributed by atoms with E-state index in [0.717, 1.165) is 43.7 Å². The zero-order chi connectivity index (χ0) is 14.3. The van der Waals surface area contributed by atoms with E-state index in [1.807, 2.05) is 12.1 Å². The van der Waals surface area contributed by atoms with Crippen molar-refractivity contribution in [1.82, 2.24) is 5.32 Å². The maximum absolute atomic E-state index is 14.0. The Morgan fingerprint density at radius 3 is 2.58 bits per heavy atom. The molecule has 0 amide bonds. The minimum absolute atomic E-state index is 0.119. The number of nitrogens with one attached hydrogen (secondary N) is 1. The van der Waals surface area contributed by atoms with Crippen LogP contribution in [0.2, 0.25) is 0 Å². The summed E-state index contributed by atoms with van der Waals surface area (Å²) in [5.41, 5.74) is 1.87. The van der Waals surface area contributed by atoms with Gasteiger partial charge < -0.3 is 10.2 Å². The number of halogens is 1. The van der Waals surface area contributed by atoms with E-state index in [0.29, 0.717) is 6.04 Å². The zero-order valence-corrected chi connectivity index (χ0v) is 12.7. The molecule has 19 heavy (non-hydrogen) atoms. The molecule has 0 fully saturated rings. The summed E-state index contributed by atoms with van der Waals surface area (Å²) in [5.74, 6) is -0.119. The molecule has 0 aliphatic heterocycles. The van der Waals surface area contributed by atoms with Crippen LogP contribution in [0.3, 0.4) is 0 Å². The highest BCUT2D eigenvalue weighted by atomic mass is 19.1. The first-order chi connectivity index (χ1) is 9.08. The predicted molar refractivity (Wildman–Crippen MR) is 81.2 cm³/mol. The molecule has 1 aromatic carbocycles. The summed E-state index contributed by atoms with van der Waals surface area (Å²) >= 11 is 0. The van der Waals surface area contributed by atoms with Crippen molar-refractivity contribution >= 4 is 5.69 Å². The van der Waals surface area contributed by atoms with Gasteiger partial charge in [-0.05, 0) is 31.0 Å². The molecule has 0 heterocycles. The number of benzene rings is 1. The molecule has 1 N–H and O–H groups in total. The average molecular weight is 266 g/mol. The monoisotopic (exact) mass is 266 g/mol. The van der Waals surface area contributed by atoms with Gasteiger partial charge in [0.25, 0.3) is 0 Å². The topological polar surface area (TPSA) is 15.3 Å². The van der Waals surface area contributed by atoms with Gasteiger partial charge in [0.1, 0.15) is 5.82 Å². The lowest BCUT2D eigenvalue weighted by atomic mass is 10.1. The van der Waals surface area contributed by atoms with Crippen LogP contribution >= 0.6 is 0 Å². The van der Waals surface area contributed by atoms with Crippen molar-refractivity contribution < 1.29 is 4.39 Å². The predicted octanol–water partition coefficient (Wildman–Crippen LogP) is 3.95. The summed E-state index contributed by atoms with van der Waals surface area (Å²) in [6.45, 7) is 11.0. The Kier molecular flexibility index (Phi) is 6.85. The number of hydrogen-bond acceptors (Lipinski definition) is 2. The van der Waals surface area contributed by atoms with Crippen LogP contribution in [-0.2, 0) is 6.54 Å². The Labute approximate surface area is 117 Å². The molecule has 0 saturated heterocycles. The molecule has 0 atom stereocenters. The van der Waals surface area contributed by atoms with Gasteiger partial charge in [-0.15, -0.1) is 0 Å². The zero-order valence-electron chi connectivity index (χ0n) is 12.7. The van der Waals surface area contributed by atoms with Crippen molar-refractivity contribution in [2.75, 3.05) is 18.0 Å². The van der Waals surface area contributed by atoms with Crippen LogP contribution in [0.5, 0.6) is 0 Å². The third-order valence-corrected chi connectivity index (χ3v) is 3.23. The Morgan fingerprint density at radius 2 is 2.00 bits per heavy atom. The van der Waals surface area contributed by atoms with Crippen LogP contribution in [-0.4, -0.2) is 19.1 Å². The average Bonchev–Trinajstić information content (AvgIpc) is 2.39. The number of rotatable bonds is 8. The fourth-order valence-corrected chi connectivity index (χ4v) is 2.03. The van der Waals surface area contributed by atoms with Gasteiger partial charge in [-0.25, -0.2) is 4.39 Å². The Balaban J connectivity index is 2.82. The van der Waals surface area contributed by atoms with Crippen molar-refractivity contribution in [2.45, 2.75) is 53.1 Å². The normalized spacial score (nSPS) is 11.1. The summed E-state index contributed by atoms with van der Waals surface area (Å²) in [6.07, 6.45) is 2.23. The maximum atomic E-state index is 14.0. The standard InChI is InChI=1S/C16H27FN2/c1-5-7-10-19(6-2)16-11-14(8-9-15(16)17)12-18-13(3)4/h8-9,11,13,18H,5-7,10,12H2,1-4H3. The van der Waals surface area contributed by atoms with Gasteiger partial charge in [0.2, 0.25) is 0 Å². The molecule has 0 saturated carbocycles. The third kappa shape index (κ3) is 5.19. The van der Waals surface area contributed by atoms with Crippen LogP contribution in [0.1, 0.15) is 46.1 Å². The van der Waals surface area contributed by atoms with Gasteiger partial charge in [0, 0.05) is 25.7 Å². The SMILES string of the molecule is CCCCN(CC)c1cc(CNC(C)C)ccc1F. The van der Waals surface area contributed by atoms with Crippen molar-refractivity contribution in [2.24, 2.45) is 0 Å². The first-order valence-electron chi connectivity index (χ1n) is 7.35. The van der Waals surface area contributed by atoms with Crippen molar-refractivity contribution in [1.29, 1.82) is 0 Å². The molecule has 0 aromatic heterocycles. The van der Waals surface area contributed by atoms with Crippen molar-refractivity contribution in [3.05, 3.63) is 29.6 Å². The fraction of sp³-hybridized carbons (Fsp3) is 0.625. The lowest BCUT2D eigenvalue weighted by Gasteiger charge is -2.24. The molecule has 1 rings (SSSR count). The highest BCUT2D eigenvalue weighted by Gasteiger charge is 2.10. The molecule has 3 heteroatoms. The lowest BCUT2D eigenvalue weighted by molar-refractivity contribution is 0.584. The number of nitrogens with zero attached hydrogens (tertiary/aromatic N) is 1. The molecular formula is C16H27FN2. The van der Waals surface area contributed by atoms with Crippen LogP contribution in [0.15, 0.2) is 18.2 Å². The van der Waals surface area contributed by atoms with Gasteiger partial charge in [0.05, 0.1) is 5.69 Å². The Morgan fingerprint density at radius 1 is 1.26 bits per heavy atom. The van der Waals surface area contributed by atoms with Crippen LogP contribution in [0.4, 0.5) is 10.1 Å². The summed E-state index contributed by atoms with van der Waals surface area (Å²) < 4.78 is 14.0. The highest BCUT2D eigenvalue weighted by Crippen LogP contribution is 2.21. The number of hydrogen-bond donors (Lipinski definition) is 1. The molecular weight excluding hydrogens is 239 g/mol. The van der Waals surface area contributed by atoms with E-state index < -0.39 is 0 Å². The van der Waals surface area contributed by atoms with E-state index in [4.69, 9.17) is 0 Å². The number of anilines is 1. The summed E-state index contributed by atoms with van der Waals surface area (Å²) in [6, 6.07) is 5.86. The van der Waals surface area contributed by atoms with Crippen molar-refractivity contribution in [3.8, 4) is 0 Å². The van der Waals surface area contributed by atoms with E-state index in [2.05, 4.69) is 37.9 Å². The summed E-state index contributed by atoms with van der Waals surface area (Å²) in [7, 11) is 0. The number of unbranched alkanes of at least 4 members (excludes halogenated alkanes) is 1. The minimum atomic E-state index is -0.119. The molecule has 108 valence electrons. The third-order valence-electron chi connectivity index (χ3n) is 3.23. The minimum Gasteiger partial charge on any atom is -0.369 e. The van der Waals surface area contributed by atoms with Crippen LogP contribution < -0.4 is 10.2 Å². The molecule has 0 aliphatic rings. The quantitative estimate of drug-likeness (QED) is 0.766. The second-order valence-corrected chi connectivity index (χ2v) is 5.25. The van der Waals surface area contributed by atoms with Gasteiger partial charge in [0.15, 0.2) is 0 Å². The second-order valence-electron chi connectivity index (χ2n) is 5.25. The first kappa shape index (κ1) is 16.0. The van der Waals surface area contributed by atoms with E-state index in [-0.39, 0.29) is 5.82 Å². The van der Waals surface area contributed by atoms with Crippen LogP contribution in [0.25, 0.3) is 0 Å². The summed E-state index contributed by atoms with van der Waals surface area (Å²) in [5, 5.41) is 3.37. The van der Waals surface area contributed by atoms with Crippen molar-refractivity contribution in [3.63, 3.8) is 0 Å². The molecule has 0 bridgehead atoms. The van der Waals surface area contributed by atoms with E-state index in [9.17, 15) is 4.39 Å².